The van der Waals surface area contributed by atoms with Crippen molar-refractivity contribution in [3.8, 4) is 11.5 Å². The molecule has 0 atom stereocenters. The first-order valence-electron chi connectivity index (χ1n) is 5.10. The maximum atomic E-state index is 5.94. The van der Waals surface area contributed by atoms with Crippen molar-refractivity contribution in [3.05, 3.63) is 18.2 Å². The van der Waals surface area contributed by atoms with Gasteiger partial charge in [-0.1, -0.05) is 0 Å². The van der Waals surface area contributed by atoms with Crippen LogP contribution in [0.1, 0.15) is 13.8 Å². The van der Waals surface area contributed by atoms with E-state index >= 15 is 0 Å². The van der Waals surface area contributed by atoms with E-state index in [4.69, 9.17) is 15.2 Å². The van der Waals surface area contributed by atoms with Gasteiger partial charge in [0.05, 0.1) is 14.2 Å². The van der Waals surface area contributed by atoms with Crippen LogP contribution in [0.3, 0.4) is 0 Å². The first kappa shape index (κ1) is 13.2. The van der Waals surface area contributed by atoms with Gasteiger partial charge in [-0.05, 0) is 26.0 Å². The molecule has 0 fully saturated rings. The van der Waals surface area contributed by atoms with E-state index in [1.807, 2.05) is 32.0 Å². The molecule has 0 heterocycles. The maximum Gasteiger partial charge on any atom is 0.136 e. The molecule has 0 aliphatic carbocycles. The van der Waals surface area contributed by atoms with E-state index in [0.29, 0.717) is 0 Å². The summed E-state index contributed by atoms with van der Waals surface area (Å²) in [5.41, 5.74) is 5.76. The number of hydrogen-bond acceptors (Lipinski definition) is 4. The SMILES string of the molecule is COc1ccc(SCC(C)(C)N)c(OC)c1. The Kier molecular flexibility index (Phi) is 4.50. The summed E-state index contributed by atoms with van der Waals surface area (Å²) in [6, 6.07) is 5.80. The lowest BCUT2D eigenvalue weighted by Crippen LogP contribution is -2.34. The van der Waals surface area contributed by atoms with E-state index in [2.05, 4.69) is 0 Å². The molecule has 2 N–H and O–H groups in total. The highest BCUT2D eigenvalue weighted by atomic mass is 32.2. The molecular weight excluding hydrogens is 222 g/mol. The van der Waals surface area contributed by atoms with Gasteiger partial charge in [0.2, 0.25) is 0 Å². The van der Waals surface area contributed by atoms with Gasteiger partial charge in [-0.2, -0.15) is 0 Å². The second-order valence-electron chi connectivity index (χ2n) is 4.29. The Morgan fingerprint density at radius 3 is 2.44 bits per heavy atom. The summed E-state index contributed by atoms with van der Waals surface area (Å²) in [5.74, 6) is 2.47. The van der Waals surface area contributed by atoms with Crippen molar-refractivity contribution in [3.63, 3.8) is 0 Å². The van der Waals surface area contributed by atoms with E-state index < -0.39 is 0 Å². The lowest BCUT2D eigenvalue weighted by Gasteiger charge is -2.18. The molecule has 0 amide bonds. The molecule has 0 aromatic heterocycles. The predicted octanol–water partition coefficient (Wildman–Crippen LogP) is 2.53. The van der Waals surface area contributed by atoms with Gasteiger partial charge in [-0.15, -0.1) is 11.8 Å². The predicted molar refractivity (Wildman–Crippen MR) is 68.5 cm³/mol. The van der Waals surface area contributed by atoms with Crippen LogP contribution in [0.4, 0.5) is 0 Å². The van der Waals surface area contributed by atoms with Gasteiger partial charge >= 0.3 is 0 Å². The van der Waals surface area contributed by atoms with Crippen LogP contribution in [0, 0.1) is 0 Å². The number of hydrogen-bond donors (Lipinski definition) is 1. The molecule has 4 heteroatoms. The fourth-order valence-electron chi connectivity index (χ4n) is 1.16. The summed E-state index contributed by atoms with van der Waals surface area (Å²) < 4.78 is 10.5. The topological polar surface area (TPSA) is 44.5 Å². The van der Waals surface area contributed by atoms with Crippen LogP contribution in [0.15, 0.2) is 23.1 Å². The second-order valence-corrected chi connectivity index (χ2v) is 5.31. The molecule has 0 aliphatic rings. The molecule has 1 rings (SSSR count). The fourth-order valence-corrected chi connectivity index (χ4v) is 2.13. The average molecular weight is 241 g/mol. The van der Waals surface area contributed by atoms with Crippen LogP contribution in [0.5, 0.6) is 11.5 Å². The van der Waals surface area contributed by atoms with Gasteiger partial charge in [0.15, 0.2) is 0 Å². The van der Waals surface area contributed by atoms with Gasteiger partial charge in [-0.25, -0.2) is 0 Å². The summed E-state index contributed by atoms with van der Waals surface area (Å²) in [7, 11) is 3.30. The Morgan fingerprint density at radius 1 is 1.25 bits per heavy atom. The third kappa shape index (κ3) is 3.94. The van der Waals surface area contributed by atoms with Crippen molar-refractivity contribution in [1.82, 2.24) is 0 Å². The van der Waals surface area contributed by atoms with Crippen LogP contribution >= 0.6 is 11.8 Å². The third-order valence-corrected chi connectivity index (χ3v) is 3.51. The molecule has 1 aromatic rings. The van der Waals surface area contributed by atoms with Crippen LogP contribution in [-0.4, -0.2) is 25.5 Å². The van der Waals surface area contributed by atoms with Crippen molar-refractivity contribution < 1.29 is 9.47 Å². The molecule has 0 saturated heterocycles. The van der Waals surface area contributed by atoms with Gasteiger partial charge in [0, 0.05) is 22.3 Å². The summed E-state index contributed by atoms with van der Waals surface area (Å²) in [4.78, 5) is 1.09. The first-order valence-corrected chi connectivity index (χ1v) is 6.08. The molecule has 0 bridgehead atoms. The van der Waals surface area contributed by atoms with Crippen molar-refractivity contribution in [2.75, 3.05) is 20.0 Å². The zero-order valence-electron chi connectivity index (χ0n) is 10.2. The summed E-state index contributed by atoms with van der Waals surface area (Å²) in [6.07, 6.45) is 0. The Morgan fingerprint density at radius 2 is 1.94 bits per heavy atom. The zero-order valence-corrected chi connectivity index (χ0v) is 11.1. The second kappa shape index (κ2) is 5.46. The molecule has 16 heavy (non-hydrogen) atoms. The molecule has 0 saturated carbocycles. The summed E-state index contributed by atoms with van der Waals surface area (Å²) in [6.45, 7) is 4.02. The van der Waals surface area contributed by atoms with Crippen molar-refractivity contribution in [1.29, 1.82) is 0 Å². The summed E-state index contributed by atoms with van der Waals surface area (Å²) >= 11 is 1.69. The van der Waals surface area contributed by atoms with E-state index in [1.165, 1.54) is 0 Å². The Balaban J connectivity index is 2.79. The van der Waals surface area contributed by atoms with Gasteiger partial charge in [0.25, 0.3) is 0 Å². The lowest BCUT2D eigenvalue weighted by atomic mass is 10.1. The van der Waals surface area contributed by atoms with Crippen molar-refractivity contribution in [2.24, 2.45) is 5.73 Å². The summed E-state index contributed by atoms with van der Waals surface area (Å²) in [5, 5.41) is 0. The molecule has 0 aliphatic heterocycles. The molecule has 0 radical (unpaired) electrons. The zero-order chi connectivity index (χ0) is 12.2. The van der Waals surface area contributed by atoms with Crippen molar-refractivity contribution in [2.45, 2.75) is 24.3 Å². The number of rotatable bonds is 5. The first-order chi connectivity index (χ1) is 7.46. The highest BCUT2D eigenvalue weighted by Crippen LogP contribution is 2.33. The number of benzene rings is 1. The minimum atomic E-state index is -0.185. The Labute approximate surface area is 101 Å². The molecule has 90 valence electrons. The normalized spacial score (nSPS) is 11.3. The minimum absolute atomic E-state index is 0.185. The van der Waals surface area contributed by atoms with Crippen LogP contribution < -0.4 is 15.2 Å². The van der Waals surface area contributed by atoms with E-state index in [0.717, 1.165) is 22.1 Å². The Hall–Kier alpha value is -0.870. The smallest absolute Gasteiger partial charge is 0.136 e. The molecule has 3 nitrogen and oxygen atoms in total. The molecular formula is C12H19NO2S. The maximum absolute atomic E-state index is 5.94. The van der Waals surface area contributed by atoms with Crippen LogP contribution in [-0.2, 0) is 0 Å². The molecule has 0 unspecified atom stereocenters. The monoisotopic (exact) mass is 241 g/mol. The highest BCUT2D eigenvalue weighted by Gasteiger charge is 2.13. The quantitative estimate of drug-likeness (QED) is 0.805. The average Bonchev–Trinajstić information content (AvgIpc) is 2.25. The van der Waals surface area contributed by atoms with E-state index in [9.17, 15) is 0 Å². The molecule has 0 spiro atoms. The van der Waals surface area contributed by atoms with E-state index in [1.54, 1.807) is 26.0 Å². The van der Waals surface area contributed by atoms with Crippen molar-refractivity contribution >= 4 is 11.8 Å². The fraction of sp³-hybridized carbons (Fsp3) is 0.500. The highest BCUT2D eigenvalue weighted by molar-refractivity contribution is 7.99. The van der Waals surface area contributed by atoms with E-state index in [-0.39, 0.29) is 5.54 Å². The van der Waals surface area contributed by atoms with Gasteiger partial charge in [-0.3, -0.25) is 0 Å². The van der Waals surface area contributed by atoms with Crippen LogP contribution in [0.2, 0.25) is 0 Å². The standard InChI is InChI=1S/C12H19NO2S/c1-12(2,13)8-16-11-6-5-9(14-3)7-10(11)15-4/h5-7H,8,13H2,1-4H3. The number of ether oxygens (including phenoxy) is 2. The largest absolute Gasteiger partial charge is 0.497 e. The number of nitrogens with two attached hydrogens (primary N) is 1. The van der Waals surface area contributed by atoms with Gasteiger partial charge < -0.3 is 15.2 Å². The Bertz CT molecular complexity index is 347. The number of thioether (sulfide) groups is 1. The molecule has 1 aromatic carbocycles. The minimum Gasteiger partial charge on any atom is -0.497 e. The third-order valence-electron chi connectivity index (χ3n) is 1.97. The van der Waals surface area contributed by atoms with Gasteiger partial charge in [0.1, 0.15) is 11.5 Å². The number of methoxy groups -OCH3 is 2. The van der Waals surface area contributed by atoms with Crippen LogP contribution in [0.25, 0.3) is 0 Å². The lowest BCUT2D eigenvalue weighted by molar-refractivity contribution is 0.387.